The zero-order valence-corrected chi connectivity index (χ0v) is 11.9. The lowest BCUT2D eigenvalue weighted by molar-refractivity contribution is -0.00530. The zero-order valence-electron chi connectivity index (χ0n) is 11.9. The zero-order chi connectivity index (χ0) is 14.2. The Morgan fingerprint density at radius 3 is 2.65 bits per heavy atom. The van der Waals surface area contributed by atoms with Crippen LogP contribution in [0.3, 0.4) is 0 Å². The van der Waals surface area contributed by atoms with Gasteiger partial charge < -0.3 is 15.2 Å². The summed E-state index contributed by atoms with van der Waals surface area (Å²) >= 11 is 0. The van der Waals surface area contributed by atoms with Crippen LogP contribution >= 0.6 is 0 Å². The molecule has 0 amide bonds. The van der Waals surface area contributed by atoms with Crippen LogP contribution < -0.4 is 5.32 Å². The van der Waals surface area contributed by atoms with E-state index in [1.165, 1.54) is 25.0 Å². The van der Waals surface area contributed by atoms with Gasteiger partial charge in [0.25, 0.3) is 0 Å². The lowest BCUT2D eigenvalue weighted by Crippen LogP contribution is -2.32. The molecule has 4 heteroatoms. The van der Waals surface area contributed by atoms with Crippen LogP contribution in [0.25, 0.3) is 0 Å². The molecule has 20 heavy (non-hydrogen) atoms. The van der Waals surface area contributed by atoms with Crippen LogP contribution in [0.4, 0.5) is 4.39 Å². The Balaban J connectivity index is 1.52. The molecule has 0 saturated heterocycles. The van der Waals surface area contributed by atoms with E-state index in [2.05, 4.69) is 5.32 Å². The highest BCUT2D eigenvalue weighted by Gasteiger charge is 2.16. The van der Waals surface area contributed by atoms with Crippen molar-refractivity contribution in [2.45, 2.75) is 44.3 Å². The first-order chi connectivity index (χ1) is 9.74. The Kier molecular flexibility index (Phi) is 6.43. The molecule has 1 aromatic rings. The van der Waals surface area contributed by atoms with E-state index in [0.717, 1.165) is 31.4 Å². The van der Waals surface area contributed by atoms with Crippen molar-refractivity contribution in [3.05, 3.63) is 35.6 Å². The standard InChI is InChI=1S/C16H24FNO2/c17-14-7-5-13(6-8-14)9-10-18-11-15(19)12-20-16-3-1-2-4-16/h5-8,15-16,18-19H,1-4,9-12H2. The minimum Gasteiger partial charge on any atom is -0.389 e. The van der Waals surface area contributed by atoms with Crippen LogP contribution in [0.1, 0.15) is 31.2 Å². The number of halogens is 1. The SMILES string of the molecule is OC(CNCCc1ccc(F)cc1)COC1CCCC1. The normalized spacial score (nSPS) is 17.5. The number of aliphatic hydroxyl groups excluding tert-OH is 1. The first-order valence-corrected chi connectivity index (χ1v) is 7.49. The molecule has 0 aliphatic heterocycles. The maximum absolute atomic E-state index is 12.7. The van der Waals surface area contributed by atoms with Gasteiger partial charge >= 0.3 is 0 Å². The Bertz CT molecular complexity index is 377. The third-order valence-electron chi connectivity index (χ3n) is 3.71. The Morgan fingerprint density at radius 2 is 1.95 bits per heavy atom. The van der Waals surface area contributed by atoms with Gasteiger partial charge in [-0.15, -0.1) is 0 Å². The minimum absolute atomic E-state index is 0.207. The van der Waals surface area contributed by atoms with E-state index in [9.17, 15) is 9.50 Å². The molecule has 1 aliphatic rings. The average molecular weight is 281 g/mol. The van der Waals surface area contributed by atoms with Gasteiger partial charge in [0.05, 0.1) is 18.8 Å². The number of hydrogen-bond acceptors (Lipinski definition) is 3. The van der Waals surface area contributed by atoms with E-state index in [1.807, 2.05) is 0 Å². The van der Waals surface area contributed by atoms with Gasteiger partial charge in [-0.3, -0.25) is 0 Å². The highest BCUT2D eigenvalue weighted by Crippen LogP contribution is 2.20. The molecule has 112 valence electrons. The van der Waals surface area contributed by atoms with Gasteiger partial charge in [0.15, 0.2) is 0 Å². The summed E-state index contributed by atoms with van der Waals surface area (Å²) in [4.78, 5) is 0. The summed E-state index contributed by atoms with van der Waals surface area (Å²) in [5.41, 5.74) is 1.09. The molecule has 3 nitrogen and oxygen atoms in total. The van der Waals surface area contributed by atoms with Gasteiger partial charge in [-0.05, 0) is 43.5 Å². The molecule has 0 bridgehead atoms. The Morgan fingerprint density at radius 1 is 1.25 bits per heavy atom. The molecule has 0 spiro atoms. The smallest absolute Gasteiger partial charge is 0.123 e. The molecule has 0 heterocycles. The van der Waals surface area contributed by atoms with E-state index in [4.69, 9.17) is 4.74 Å². The summed E-state index contributed by atoms with van der Waals surface area (Å²) in [5, 5.41) is 13.0. The molecule has 2 N–H and O–H groups in total. The summed E-state index contributed by atoms with van der Waals surface area (Å²) in [5.74, 6) is -0.207. The van der Waals surface area contributed by atoms with Crippen LogP contribution in [0.2, 0.25) is 0 Å². The molecule has 0 aromatic heterocycles. The molecule has 1 aliphatic carbocycles. The van der Waals surface area contributed by atoms with Gasteiger partial charge in [-0.25, -0.2) is 4.39 Å². The molecular formula is C16H24FNO2. The fourth-order valence-electron chi connectivity index (χ4n) is 2.51. The summed E-state index contributed by atoms with van der Waals surface area (Å²) in [6, 6.07) is 6.52. The Labute approximate surface area is 120 Å². The van der Waals surface area contributed by atoms with Crippen LogP contribution in [-0.2, 0) is 11.2 Å². The molecule has 2 rings (SSSR count). The predicted molar refractivity (Wildman–Crippen MR) is 77.2 cm³/mol. The van der Waals surface area contributed by atoms with Crippen molar-refractivity contribution in [1.29, 1.82) is 0 Å². The van der Waals surface area contributed by atoms with E-state index in [0.29, 0.717) is 19.3 Å². The van der Waals surface area contributed by atoms with E-state index < -0.39 is 6.10 Å². The number of rotatable bonds is 8. The highest BCUT2D eigenvalue weighted by atomic mass is 19.1. The van der Waals surface area contributed by atoms with Crippen molar-refractivity contribution in [2.24, 2.45) is 0 Å². The van der Waals surface area contributed by atoms with Crippen molar-refractivity contribution in [2.75, 3.05) is 19.7 Å². The van der Waals surface area contributed by atoms with Crippen LogP contribution in [-0.4, -0.2) is 37.0 Å². The average Bonchev–Trinajstić information content (AvgIpc) is 2.96. The summed E-state index contributed by atoms with van der Waals surface area (Å²) in [6.45, 7) is 1.72. The quantitative estimate of drug-likeness (QED) is 0.718. The molecule has 1 fully saturated rings. The lowest BCUT2D eigenvalue weighted by Gasteiger charge is -2.16. The van der Waals surface area contributed by atoms with E-state index >= 15 is 0 Å². The number of ether oxygens (including phenoxy) is 1. The van der Waals surface area contributed by atoms with Crippen molar-refractivity contribution in [3.63, 3.8) is 0 Å². The third kappa shape index (κ3) is 5.57. The van der Waals surface area contributed by atoms with Crippen molar-refractivity contribution >= 4 is 0 Å². The molecule has 0 radical (unpaired) electrons. The minimum atomic E-state index is -0.455. The van der Waals surface area contributed by atoms with Gasteiger partial charge in [0.1, 0.15) is 5.82 Å². The highest BCUT2D eigenvalue weighted by molar-refractivity contribution is 5.16. The fourth-order valence-corrected chi connectivity index (χ4v) is 2.51. The third-order valence-corrected chi connectivity index (χ3v) is 3.71. The van der Waals surface area contributed by atoms with E-state index in [1.54, 1.807) is 12.1 Å². The molecule has 1 atom stereocenters. The van der Waals surface area contributed by atoms with Crippen LogP contribution in [0.15, 0.2) is 24.3 Å². The van der Waals surface area contributed by atoms with Crippen molar-refractivity contribution < 1.29 is 14.2 Å². The first-order valence-electron chi connectivity index (χ1n) is 7.49. The summed E-state index contributed by atoms with van der Waals surface area (Å²) in [6.07, 6.45) is 5.48. The fraction of sp³-hybridized carbons (Fsp3) is 0.625. The first kappa shape index (κ1) is 15.4. The molecule has 1 saturated carbocycles. The summed E-state index contributed by atoms with van der Waals surface area (Å²) < 4.78 is 18.4. The largest absolute Gasteiger partial charge is 0.389 e. The number of nitrogens with one attached hydrogen (secondary N) is 1. The van der Waals surface area contributed by atoms with Crippen molar-refractivity contribution in [3.8, 4) is 0 Å². The number of aliphatic hydroxyl groups is 1. The van der Waals surface area contributed by atoms with E-state index in [-0.39, 0.29) is 5.82 Å². The second kappa shape index (κ2) is 8.35. The number of hydrogen-bond donors (Lipinski definition) is 2. The van der Waals surface area contributed by atoms with Crippen LogP contribution in [0.5, 0.6) is 0 Å². The second-order valence-corrected chi connectivity index (χ2v) is 5.47. The van der Waals surface area contributed by atoms with Gasteiger partial charge in [0, 0.05) is 6.54 Å². The van der Waals surface area contributed by atoms with Gasteiger partial charge in [-0.1, -0.05) is 25.0 Å². The maximum atomic E-state index is 12.7. The maximum Gasteiger partial charge on any atom is 0.123 e. The van der Waals surface area contributed by atoms with Crippen LogP contribution in [0, 0.1) is 5.82 Å². The predicted octanol–water partition coefficient (Wildman–Crippen LogP) is 2.28. The van der Waals surface area contributed by atoms with Gasteiger partial charge in [-0.2, -0.15) is 0 Å². The monoisotopic (exact) mass is 281 g/mol. The number of benzene rings is 1. The summed E-state index contributed by atoms with van der Waals surface area (Å²) in [7, 11) is 0. The lowest BCUT2D eigenvalue weighted by atomic mass is 10.1. The molecular weight excluding hydrogens is 257 g/mol. The molecule has 1 aromatic carbocycles. The molecule has 1 unspecified atom stereocenters. The Hall–Kier alpha value is -0.970. The second-order valence-electron chi connectivity index (χ2n) is 5.47. The van der Waals surface area contributed by atoms with Crippen molar-refractivity contribution in [1.82, 2.24) is 5.32 Å². The van der Waals surface area contributed by atoms with Gasteiger partial charge in [0.2, 0.25) is 0 Å². The topological polar surface area (TPSA) is 41.5 Å².